The highest BCUT2D eigenvalue weighted by Gasteiger charge is 2.30. The number of nitrogens with zero attached hydrogens (tertiary/aromatic N) is 2. The monoisotopic (exact) mass is 447 g/mol. The molecule has 4 rings (SSSR count). The molecule has 1 atom stereocenters. The van der Waals surface area contributed by atoms with Crippen LogP contribution in [0.15, 0.2) is 47.1 Å². The Morgan fingerprint density at radius 3 is 2.45 bits per heavy atom. The molecule has 1 aromatic heterocycles. The van der Waals surface area contributed by atoms with E-state index in [0.717, 1.165) is 50.0 Å². The summed E-state index contributed by atoms with van der Waals surface area (Å²) in [7, 11) is 0. The highest BCUT2D eigenvalue weighted by molar-refractivity contribution is 5.99. The topological polar surface area (TPSA) is 82.9 Å². The lowest BCUT2D eigenvalue weighted by atomic mass is 10.1. The Morgan fingerprint density at radius 1 is 1.09 bits per heavy atom. The van der Waals surface area contributed by atoms with Crippen LogP contribution >= 0.6 is 0 Å². The van der Waals surface area contributed by atoms with Crippen LogP contribution in [0.2, 0.25) is 0 Å². The van der Waals surface area contributed by atoms with Crippen molar-refractivity contribution in [1.82, 2.24) is 15.1 Å². The molecule has 1 aliphatic heterocycles. The van der Waals surface area contributed by atoms with Crippen LogP contribution in [0.5, 0.6) is 0 Å². The second-order valence-electron chi connectivity index (χ2n) is 8.61. The van der Waals surface area contributed by atoms with E-state index in [1.807, 2.05) is 24.3 Å². The first-order valence-corrected chi connectivity index (χ1v) is 11.5. The maximum absolute atomic E-state index is 12.7. The van der Waals surface area contributed by atoms with Gasteiger partial charge in [0.05, 0.1) is 6.26 Å². The molecule has 1 aromatic carbocycles. The normalized spacial score (nSPS) is 17.1. The highest BCUT2D eigenvalue weighted by Crippen LogP contribution is 2.32. The van der Waals surface area contributed by atoms with E-state index in [2.05, 4.69) is 22.1 Å². The van der Waals surface area contributed by atoms with Gasteiger partial charge in [-0.05, 0) is 44.0 Å². The Morgan fingerprint density at radius 2 is 1.82 bits per heavy atom. The van der Waals surface area contributed by atoms with Gasteiger partial charge in [-0.15, -0.1) is 0 Å². The number of furan rings is 1. The first-order chi connectivity index (χ1) is 16.0. The second kappa shape index (κ2) is 10.5. The lowest BCUT2D eigenvalue weighted by molar-refractivity contribution is -0.134. The zero-order valence-electron chi connectivity index (χ0n) is 18.9. The molecule has 2 amide bonds. The second-order valence-corrected chi connectivity index (χ2v) is 8.61. The van der Waals surface area contributed by atoms with Gasteiger partial charge in [-0.3, -0.25) is 19.3 Å². The maximum Gasteiger partial charge on any atom is 0.287 e. The number of amides is 2. The molecule has 2 fully saturated rings. The van der Waals surface area contributed by atoms with E-state index >= 15 is 0 Å². The van der Waals surface area contributed by atoms with Crippen molar-refractivity contribution in [2.75, 3.05) is 32.7 Å². The molecule has 2 heterocycles. The summed E-state index contributed by atoms with van der Waals surface area (Å²) in [4.78, 5) is 40.9. The van der Waals surface area contributed by atoms with Crippen LogP contribution in [0, 0.1) is 17.8 Å². The minimum atomic E-state index is -0.606. The molecule has 7 heteroatoms. The van der Waals surface area contributed by atoms with E-state index in [-0.39, 0.29) is 29.3 Å². The quantitative estimate of drug-likeness (QED) is 0.521. The Balaban J connectivity index is 1.16. The number of rotatable bonds is 7. The Hall–Kier alpha value is -3.37. The van der Waals surface area contributed by atoms with E-state index in [4.69, 9.17) is 4.42 Å². The van der Waals surface area contributed by atoms with Crippen LogP contribution in [-0.4, -0.2) is 66.2 Å². The van der Waals surface area contributed by atoms with Gasteiger partial charge in [-0.1, -0.05) is 24.0 Å². The third kappa shape index (κ3) is 6.11. The fourth-order valence-electron chi connectivity index (χ4n) is 3.88. The van der Waals surface area contributed by atoms with Gasteiger partial charge in [0.25, 0.3) is 5.91 Å². The van der Waals surface area contributed by atoms with Gasteiger partial charge in [0.15, 0.2) is 11.5 Å². The molecular formula is C26H29N3O4. The molecule has 0 bridgehead atoms. The van der Waals surface area contributed by atoms with Gasteiger partial charge in [0.1, 0.15) is 6.04 Å². The molecule has 0 spiro atoms. The number of carbonyl (C=O) groups excluding carboxylic acids is 3. The molecule has 1 aliphatic carbocycles. The molecule has 0 unspecified atom stereocenters. The Kier molecular flexibility index (Phi) is 7.26. The summed E-state index contributed by atoms with van der Waals surface area (Å²) in [6, 6.07) is 10.2. The lowest BCUT2D eigenvalue weighted by Crippen LogP contribution is -2.54. The molecule has 172 valence electrons. The van der Waals surface area contributed by atoms with Gasteiger partial charge < -0.3 is 14.6 Å². The van der Waals surface area contributed by atoms with Crippen LogP contribution in [0.3, 0.4) is 0 Å². The average Bonchev–Trinajstić information content (AvgIpc) is 3.54. The Labute approximate surface area is 194 Å². The Bertz CT molecular complexity index is 1040. The van der Waals surface area contributed by atoms with Crippen LogP contribution in [-0.2, 0) is 4.79 Å². The molecule has 1 N–H and O–H groups in total. The predicted molar refractivity (Wildman–Crippen MR) is 124 cm³/mol. The summed E-state index contributed by atoms with van der Waals surface area (Å²) in [6.45, 7) is 5.36. The minimum Gasteiger partial charge on any atom is -0.459 e. The van der Waals surface area contributed by atoms with E-state index in [1.54, 1.807) is 24.0 Å². The van der Waals surface area contributed by atoms with Crippen molar-refractivity contribution in [3.05, 3.63) is 59.5 Å². The summed E-state index contributed by atoms with van der Waals surface area (Å²) in [6.07, 6.45) is 4.21. The van der Waals surface area contributed by atoms with Crippen LogP contribution in [0.25, 0.3) is 0 Å². The third-order valence-corrected chi connectivity index (χ3v) is 6.05. The summed E-state index contributed by atoms with van der Waals surface area (Å²) in [5, 5.41) is 2.69. The van der Waals surface area contributed by atoms with Crippen molar-refractivity contribution in [3.8, 4) is 11.8 Å². The van der Waals surface area contributed by atoms with E-state index in [1.165, 1.54) is 6.26 Å². The summed E-state index contributed by atoms with van der Waals surface area (Å²) < 4.78 is 5.07. The summed E-state index contributed by atoms with van der Waals surface area (Å²) >= 11 is 0. The fourth-order valence-corrected chi connectivity index (χ4v) is 3.88. The van der Waals surface area contributed by atoms with Crippen LogP contribution < -0.4 is 5.32 Å². The molecule has 0 radical (unpaired) electrons. The number of nitrogens with one attached hydrogen (secondary N) is 1. The minimum absolute atomic E-state index is 0.0852. The maximum atomic E-state index is 12.7. The van der Waals surface area contributed by atoms with Crippen molar-refractivity contribution >= 4 is 17.6 Å². The standard InChI is InChI=1S/C26H29N3O4/c1-19(27-25(31)23-6-4-18-33-23)26(32)29-16-14-28(15-17-29)13-3-2-5-20-7-9-21(10-8-20)24(30)22-11-12-22/h4,6-10,18-19,22H,3,11-17H2,1H3,(H,27,31)/t19-/m1/s1. The molecule has 1 saturated heterocycles. The lowest BCUT2D eigenvalue weighted by Gasteiger charge is -2.35. The first-order valence-electron chi connectivity index (χ1n) is 11.5. The van der Waals surface area contributed by atoms with E-state index < -0.39 is 6.04 Å². The summed E-state index contributed by atoms with van der Waals surface area (Å²) in [5.74, 6) is 6.59. The summed E-state index contributed by atoms with van der Waals surface area (Å²) in [5.41, 5.74) is 1.70. The van der Waals surface area contributed by atoms with Gasteiger partial charge in [0.2, 0.25) is 5.91 Å². The van der Waals surface area contributed by atoms with Crippen LogP contribution in [0.4, 0.5) is 0 Å². The number of carbonyl (C=O) groups is 3. The van der Waals surface area contributed by atoms with Gasteiger partial charge in [-0.25, -0.2) is 0 Å². The number of Topliss-reactive ketones (excluding diaryl/α,β-unsaturated/α-hetero) is 1. The van der Waals surface area contributed by atoms with Crippen molar-refractivity contribution in [2.45, 2.75) is 32.2 Å². The SMILES string of the molecule is C[C@@H](NC(=O)c1ccco1)C(=O)N1CCN(CCC#Cc2ccc(C(=O)C3CC3)cc2)CC1. The zero-order chi connectivity index (χ0) is 23.2. The number of ketones is 1. The zero-order valence-corrected chi connectivity index (χ0v) is 18.9. The largest absolute Gasteiger partial charge is 0.459 e. The average molecular weight is 448 g/mol. The molecular weight excluding hydrogens is 418 g/mol. The van der Waals surface area contributed by atoms with Gasteiger partial charge in [0, 0.05) is 56.2 Å². The van der Waals surface area contributed by atoms with E-state index in [0.29, 0.717) is 13.1 Å². The van der Waals surface area contributed by atoms with Crippen molar-refractivity contribution in [2.24, 2.45) is 5.92 Å². The molecule has 7 nitrogen and oxygen atoms in total. The predicted octanol–water partition coefficient (Wildman–Crippen LogP) is 2.58. The number of hydrogen-bond acceptors (Lipinski definition) is 5. The first kappa shape index (κ1) is 22.8. The number of hydrogen-bond donors (Lipinski definition) is 1. The van der Waals surface area contributed by atoms with Crippen molar-refractivity contribution in [3.63, 3.8) is 0 Å². The highest BCUT2D eigenvalue weighted by atomic mass is 16.3. The number of benzene rings is 1. The van der Waals surface area contributed by atoms with Crippen LogP contribution in [0.1, 0.15) is 52.7 Å². The third-order valence-electron chi connectivity index (χ3n) is 6.05. The number of piperazine rings is 1. The fraction of sp³-hybridized carbons (Fsp3) is 0.423. The van der Waals surface area contributed by atoms with E-state index in [9.17, 15) is 14.4 Å². The molecule has 2 aromatic rings. The smallest absolute Gasteiger partial charge is 0.287 e. The van der Waals surface area contributed by atoms with Gasteiger partial charge >= 0.3 is 0 Å². The van der Waals surface area contributed by atoms with Crippen molar-refractivity contribution < 1.29 is 18.8 Å². The van der Waals surface area contributed by atoms with Gasteiger partial charge in [-0.2, -0.15) is 0 Å². The molecule has 2 aliphatic rings. The van der Waals surface area contributed by atoms with Crippen molar-refractivity contribution in [1.29, 1.82) is 0 Å². The molecule has 1 saturated carbocycles. The molecule has 33 heavy (non-hydrogen) atoms.